The van der Waals surface area contributed by atoms with E-state index in [4.69, 9.17) is 5.73 Å². The lowest BCUT2D eigenvalue weighted by Gasteiger charge is -2.40. The van der Waals surface area contributed by atoms with E-state index in [0.29, 0.717) is 23.7 Å². The molecular formula is C22H29IN4. The van der Waals surface area contributed by atoms with Crippen LogP contribution in [0.2, 0.25) is 0 Å². The van der Waals surface area contributed by atoms with Crippen molar-refractivity contribution in [2.75, 3.05) is 13.1 Å². The molecule has 2 aliphatic heterocycles. The van der Waals surface area contributed by atoms with Gasteiger partial charge in [-0.15, -0.1) is 0 Å². The van der Waals surface area contributed by atoms with E-state index in [0.717, 1.165) is 37.1 Å². The van der Waals surface area contributed by atoms with E-state index in [1.807, 2.05) is 11.0 Å². The second-order valence-electron chi connectivity index (χ2n) is 7.82. The number of fused-ring (bicyclic) bond motifs is 1. The van der Waals surface area contributed by atoms with E-state index in [2.05, 4.69) is 64.7 Å². The quantitative estimate of drug-likeness (QED) is 0.469. The molecule has 2 unspecified atom stereocenters. The number of hydrogen-bond donors (Lipinski definition) is 2. The molecule has 1 saturated heterocycles. The zero-order chi connectivity index (χ0) is 19.6. The van der Waals surface area contributed by atoms with Gasteiger partial charge in [0.15, 0.2) is 0 Å². The fourth-order valence-electron chi connectivity index (χ4n) is 4.66. The SMILES string of the molecule is C=C(N)/C(C)=C(\C=C/I)C1=CN(C2CCNCC2)C2CC(C)=C(C#N)CC12. The molecule has 0 radical (unpaired) electrons. The third kappa shape index (κ3) is 4.02. The van der Waals surface area contributed by atoms with Crippen molar-refractivity contribution in [3.8, 4) is 6.07 Å². The van der Waals surface area contributed by atoms with Gasteiger partial charge in [-0.3, -0.25) is 0 Å². The molecule has 0 aromatic heterocycles. The van der Waals surface area contributed by atoms with Crippen LogP contribution in [0.25, 0.3) is 0 Å². The molecule has 2 atom stereocenters. The summed E-state index contributed by atoms with van der Waals surface area (Å²) in [4.78, 5) is 2.60. The Hall–Kier alpha value is -1.52. The lowest BCUT2D eigenvalue weighted by atomic mass is 9.76. The van der Waals surface area contributed by atoms with E-state index in [1.165, 1.54) is 29.6 Å². The molecule has 0 bridgehead atoms. The van der Waals surface area contributed by atoms with Gasteiger partial charge in [0.1, 0.15) is 0 Å². The Bertz CT molecular complexity index is 775. The molecule has 5 heteroatoms. The van der Waals surface area contributed by atoms with Gasteiger partial charge >= 0.3 is 0 Å². The van der Waals surface area contributed by atoms with E-state index in [9.17, 15) is 5.26 Å². The largest absolute Gasteiger partial charge is 0.399 e. The highest BCUT2D eigenvalue weighted by Gasteiger charge is 2.42. The minimum absolute atomic E-state index is 0.343. The summed E-state index contributed by atoms with van der Waals surface area (Å²) in [5.74, 6) is 0.343. The van der Waals surface area contributed by atoms with Gasteiger partial charge < -0.3 is 16.0 Å². The number of hydrogen-bond acceptors (Lipinski definition) is 4. The Balaban J connectivity index is 2.06. The molecule has 1 fully saturated rings. The van der Waals surface area contributed by atoms with Gasteiger partial charge in [0.05, 0.1) is 6.07 Å². The highest BCUT2D eigenvalue weighted by atomic mass is 127. The van der Waals surface area contributed by atoms with Gasteiger partial charge in [-0.2, -0.15) is 5.26 Å². The highest BCUT2D eigenvalue weighted by molar-refractivity contribution is 14.1. The lowest BCUT2D eigenvalue weighted by molar-refractivity contribution is 0.154. The van der Waals surface area contributed by atoms with Gasteiger partial charge in [-0.25, -0.2) is 0 Å². The van der Waals surface area contributed by atoms with Gasteiger partial charge in [-0.1, -0.05) is 34.7 Å². The van der Waals surface area contributed by atoms with E-state index in [-0.39, 0.29) is 0 Å². The van der Waals surface area contributed by atoms with Crippen LogP contribution in [-0.4, -0.2) is 30.1 Å². The van der Waals surface area contributed by atoms with Crippen molar-refractivity contribution >= 4 is 22.6 Å². The molecule has 1 aliphatic carbocycles. The molecule has 0 saturated carbocycles. The average molecular weight is 476 g/mol. The Morgan fingerprint density at radius 2 is 2.11 bits per heavy atom. The Kier molecular flexibility index (Phi) is 6.48. The number of piperidine rings is 1. The van der Waals surface area contributed by atoms with E-state index in [1.54, 1.807) is 0 Å². The van der Waals surface area contributed by atoms with Crippen molar-refractivity contribution in [1.82, 2.24) is 10.2 Å². The summed E-state index contributed by atoms with van der Waals surface area (Å²) < 4.78 is 2.04. The number of nitrogens with two attached hydrogens (primary N) is 1. The van der Waals surface area contributed by atoms with Gasteiger partial charge in [-0.05, 0) is 79.5 Å². The van der Waals surface area contributed by atoms with Crippen LogP contribution in [0.5, 0.6) is 0 Å². The topological polar surface area (TPSA) is 65.1 Å². The summed E-state index contributed by atoms with van der Waals surface area (Å²) in [6.45, 7) is 10.3. The monoisotopic (exact) mass is 476 g/mol. The molecule has 0 aromatic rings. The molecule has 2 heterocycles. The Morgan fingerprint density at radius 1 is 1.41 bits per heavy atom. The van der Waals surface area contributed by atoms with E-state index >= 15 is 0 Å². The van der Waals surface area contributed by atoms with Crippen LogP contribution in [-0.2, 0) is 0 Å². The highest BCUT2D eigenvalue weighted by Crippen LogP contribution is 2.46. The maximum Gasteiger partial charge on any atom is 0.0946 e. The van der Waals surface area contributed by atoms with Crippen LogP contribution in [0.3, 0.4) is 0 Å². The van der Waals surface area contributed by atoms with Crippen molar-refractivity contribution in [1.29, 1.82) is 5.26 Å². The third-order valence-corrected chi connectivity index (χ3v) is 6.64. The smallest absolute Gasteiger partial charge is 0.0946 e. The Morgan fingerprint density at radius 3 is 2.70 bits per heavy atom. The molecule has 4 nitrogen and oxygen atoms in total. The van der Waals surface area contributed by atoms with Crippen LogP contribution in [0.4, 0.5) is 0 Å². The molecule has 0 amide bonds. The second kappa shape index (κ2) is 8.66. The number of halogens is 1. The summed E-state index contributed by atoms with van der Waals surface area (Å²) >= 11 is 2.26. The maximum absolute atomic E-state index is 9.61. The molecule has 0 spiro atoms. The molecule has 3 rings (SSSR count). The van der Waals surface area contributed by atoms with Gasteiger partial charge in [0, 0.05) is 35.5 Å². The Labute approximate surface area is 176 Å². The summed E-state index contributed by atoms with van der Waals surface area (Å²) in [5, 5.41) is 13.1. The van der Waals surface area contributed by atoms with E-state index < -0.39 is 0 Å². The first-order chi connectivity index (χ1) is 13.0. The molecule has 0 aromatic carbocycles. The number of nitriles is 1. The minimum atomic E-state index is 0.343. The summed E-state index contributed by atoms with van der Waals surface area (Å²) in [6, 6.07) is 3.46. The summed E-state index contributed by atoms with van der Waals surface area (Å²) in [7, 11) is 0. The third-order valence-electron chi connectivity index (χ3n) is 6.28. The lowest BCUT2D eigenvalue weighted by Crippen LogP contribution is -2.46. The standard InChI is InChI=1S/C22H29IN4/c1-14-10-22-20(11-17(14)12-24)21(19(4-7-23)15(2)16(3)25)13-27(22)18-5-8-26-9-6-18/h4,7,13,18,20,22,26H,3,5-6,8-11,25H2,1-2H3/b7-4-,19-15+. The van der Waals surface area contributed by atoms with Crippen molar-refractivity contribution < 1.29 is 0 Å². The molecule has 3 aliphatic rings. The fourth-order valence-corrected chi connectivity index (χ4v) is 5.02. The van der Waals surface area contributed by atoms with Crippen LogP contribution >= 0.6 is 22.6 Å². The summed E-state index contributed by atoms with van der Waals surface area (Å²) in [6.07, 6.45) is 8.65. The van der Waals surface area contributed by atoms with Crippen molar-refractivity contribution in [2.45, 2.75) is 51.6 Å². The molecule has 144 valence electrons. The second-order valence-corrected chi connectivity index (χ2v) is 8.54. The van der Waals surface area contributed by atoms with Crippen LogP contribution in [0.15, 0.2) is 56.5 Å². The van der Waals surface area contributed by atoms with Crippen LogP contribution in [0, 0.1) is 17.2 Å². The minimum Gasteiger partial charge on any atom is -0.399 e. The zero-order valence-corrected chi connectivity index (χ0v) is 18.4. The maximum atomic E-state index is 9.61. The van der Waals surface area contributed by atoms with Crippen LogP contribution < -0.4 is 11.1 Å². The zero-order valence-electron chi connectivity index (χ0n) is 16.3. The normalized spacial score (nSPS) is 27.3. The van der Waals surface area contributed by atoms with Crippen molar-refractivity contribution in [3.05, 3.63) is 56.5 Å². The molecular weight excluding hydrogens is 447 g/mol. The average Bonchev–Trinajstić information content (AvgIpc) is 3.03. The molecule has 3 N–H and O–H groups in total. The predicted octanol–water partition coefficient (Wildman–Crippen LogP) is 4.29. The fraction of sp³-hybridized carbons (Fsp3) is 0.500. The predicted molar refractivity (Wildman–Crippen MR) is 120 cm³/mol. The number of rotatable bonds is 4. The summed E-state index contributed by atoms with van der Waals surface area (Å²) in [5.41, 5.74) is 12.4. The van der Waals surface area contributed by atoms with Gasteiger partial charge in [0.2, 0.25) is 0 Å². The first-order valence-corrected chi connectivity index (χ1v) is 10.9. The van der Waals surface area contributed by atoms with Gasteiger partial charge in [0.25, 0.3) is 0 Å². The first kappa shape index (κ1) is 20.2. The first-order valence-electron chi connectivity index (χ1n) is 9.69. The number of nitrogens with one attached hydrogen (secondary N) is 1. The number of nitrogens with zero attached hydrogens (tertiary/aromatic N) is 2. The molecule has 27 heavy (non-hydrogen) atoms. The van der Waals surface area contributed by atoms with Crippen LogP contribution in [0.1, 0.15) is 39.5 Å². The van der Waals surface area contributed by atoms with Crippen molar-refractivity contribution in [2.24, 2.45) is 11.7 Å². The van der Waals surface area contributed by atoms with Crippen molar-refractivity contribution in [3.63, 3.8) is 0 Å². The number of allylic oxidation sites excluding steroid dienone is 4.